The third-order valence-corrected chi connectivity index (χ3v) is 3.47. The molecule has 1 aliphatic rings. The fourth-order valence-electron chi connectivity index (χ4n) is 2.35. The second-order valence-corrected chi connectivity index (χ2v) is 5.04. The number of carboxylic acids is 1. The normalized spacial score (nSPS) is 19.2. The topological polar surface area (TPSA) is 70.5 Å². The molecule has 19 heavy (non-hydrogen) atoms. The lowest BCUT2D eigenvalue weighted by Gasteiger charge is -2.34. The van der Waals surface area contributed by atoms with E-state index in [4.69, 9.17) is 16.7 Å². The second-order valence-electron chi connectivity index (χ2n) is 4.61. The standard InChI is InChI=1S/C13H15ClN2O3/c14-9-4-5-15-11(7-9)13(19)16-6-2-1-3-10(16)8-12(17)18/h4-5,7,10H,1-3,6,8H2,(H,17,18). The van der Waals surface area contributed by atoms with Gasteiger partial charge in [-0.2, -0.15) is 0 Å². The number of aromatic nitrogens is 1. The summed E-state index contributed by atoms with van der Waals surface area (Å²) < 4.78 is 0. The molecule has 0 saturated carbocycles. The molecule has 1 fully saturated rings. The van der Waals surface area contributed by atoms with E-state index in [2.05, 4.69) is 4.98 Å². The molecule has 1 N–H and O–H groups in total. The highest BCUT2D eigenvalue weighted by Crippen LogP contribution is 2.22. The molecule has 1 aromatic heterocycles. The first kappa shape index (κ1) is 13.8. The molecule has 1 amide bonds. The Bertz CT molecular complexity index is 493. The number of rotatable bonds is 3. The molecule has 0 aromatic carbocycles. The first-order valence-electron chi connectivity index (χ1n) is 6.22. The lowest BCUT2D eigenvalue weighted by Crippen LogP contribution is -2.45. The van der Waals surface area contributed by atoms with Gasteiger partial charge in [-0.25, -0.2) is 0 Å². The number of likely N-dealkylation sites (tertiary alicyclic amines) is 1. The van der Waals surface area contributed by atoms with Crippen LogP contribution >= 0.6 is 11.6 Å². The molecule has 5 nitrogen and oxygen atoms in total. The van der Waals surface area contributed by atoms with Crippen LogP contribution < -0.4 is 0 Å². The molecule has 1 aromatic rings. The Labute approximate surface area is 116 Å². The number of carboxylic acid groups (broad SMARTS) is 1. The predicted molar refractivity (Wildman–Crippen MR) is 70.2 cm³/mol. The first-order valence-corrected chi connectivity index (χ1v) is 6.60. The van der Waals surface area contributed by atoms with E-state index in [0.29, 0.717) is 11.6 Å². The van der Waals surface area contributed by atoms with Crippen LogP contribution in [-0.2, 0) is 4.79 Å². The molecule has 1 atom stereocenters. The van der Waals surface area contributed by atoms with Crippen LogP contribution in [0.2, 0.25) is 5.02 Å². The number of carbonyl (C=O) groups excluding carboxylic acids is 1. The summed E-state index contributed by atoms with van der Waals surface area (Å²) in [5, 5.41) is 9.35. The largest absolute Gasteiger partial charge is 0.481 e. The molecular formula is C13H15ClN2O3. The minimum Gasteiger partial charge on any atom is -0.481 e. The average Bonchev–Trinajstić information content (AvgIpc) is 2.38. The van der Waals surface area contributed by atoms with Gasteiger partial charge in [-0.1, -0.05) is 11.6 Å². The number of pyridine rings is 1. The highest BCUT2D eigenvalue weighted by Gasteiger charge is 2.29. The predicted octanol–water partition coefficient (Wildman–Crippen LogP) is 2.20. The van der Waals surface area contributed by atoms with Gasteiger partial charge in [0.25, 0.3) is 5.91 Å². The first-order chi connectivity index (χ1) is 9.08. The molecule has 6 heteroatoms. The van der Waals surface area contributed by atoms with Crippen LogP contribution in [0.3, 0.4) is 0 Å². The van der Waals surface area contributed by atoms with Crippen LogP contribution in [0.15, 0.2) is 18.3 Å². The number of halogens is 1. The van der Waals surface area contributed by atoms with Crippen LogP contribution in [0.5, 0.6) is 0 Å². The van der Waals surface area contributed by atoms with Gasteiger partial charge in [-0.05, 0) is 31.4 Å². The van der Waals surface area contributed by atoms with Gasteiger partial charge in [0.15, 0.2) is 0 Å². The van der Waals surface area contributed by atoms with E-state index >= 15 is 0 Å². The molecule has 102 valence electrons. The van der Waals surface area contributed by atoms with Gasteiger partial charge in [0.2, 0.25) is 0 Å². The van der Waals surface area contributed by atoms with Crippen molar-refractivity contribution >= 4 is 23.5 Å². The van der Waals surface area contributed by atoms with Gasteiger partial charge < -0.3 is 10.0 Å². The van der Waals surface area contributed by atoms with Crippen molar-refractivity contribution in [3.05, 3.63) is 29.0 Å². The van der Waals surface area contributed by atoms with Crippen molar-refractivity contribution in [1.82, 2.24) is 9.88 Å². The van der Waals surface area contributed by atoms with E-state index in [1.807, 2.05) is 0 Å². The van der Waals surface area contributed by atoms with E-state index in [1.165, 1.54) is 12.3 Å². The van der Waals surface area contributed by atoms with Crippen molar-refractivity contribution < 1.29 is 14.7 Å². The van der Waals surface area contributed by atoms with Crippen molar-refractivity contribution in [3.8, 4) is 0 Å². The zero-order chi connectivity index (χ0) is 13.8. The highest BCUT2D eigenvalue weighted by atomic mass is 35.5. The molecular weight excluding hydrogens is 268 g/mol. The minimum atomic E-state index is -0.885. The van der Waals surface area contributed by atoms with Crippen molar-refractivity contribution in [3.63, 3.8) is 0 Å². The van der Waals surface area contributed by atoms with Gasteiger partial charge in [0, 0.05) is 23.8 Å². The van der Waals surface area contributed by atoms with Crippen LogP contribution in [0.4, 0.5) is 0 Å². The molecule has 0 spiro atoms. The number of piperidine rings is 1. The lowest BCUT2D eigenvalue weighted by atomic mass is 9.99. The maximum absolute atomic E-state index is 12.4. The van der Waals surface area contributed by atoms with Crippen LogP contribution in [0.1, 0.15) is 36.2 Å². The summed E-state index contributed by atoms with van der Waals surface area (Å²) in [6.45, 7) is 0.574. The maximum atomic E-state index is 12.4. The summed E-state index contributed by atoms with van der Waals surface area (Å²) in [7, 11) is 0. The Morgan fingerprint density at radius 1 is 1.47 bits per heavy atom. The molecule has 1 aliphatic heterocycles. The van der Waals surface area contributed by atoms with E-state index < -0.39 is 5.97 Å². The fraction of sp³-hybridized carbons (Fsp3) is 0.462. The molecule has 0 aliphatic carbocycles. The van der Waals surface area contributed by atoms with Crippen LogP contribution in [0, 0.1) is 0 Å². The Morgan fingerprint density at radius 3 is 2.95 bits per heavy atom. The van der Waals surface area contributed by atoms with Gasteiger partial charge in [-0.15, -0.1) is 0 Å². The summed E-state index contributed by atoms with van der Waals surface area (Å²) in [5.74, 6) is -1.13. The minimum absolute atomic E-state index is 0.0215. The molecule has 2 heterocycles. The zero-order valence-corrected chi connectivity index (χ0v) is 11.1. The quantitative estimate of drug-likeness (QED) is 0.923. The third-order valence-electron chi connectivity index (χ3n) is 3.24. The Morgan fingerprint density at radius 2 is 2.26 bits per heavy atom. The van der Waals surface area contributed by atoms with E-state index in [1.54, 1.807) is 11.0 Å². The second kappa shape index (κ2) is 6.02. The molecule has 2 rings (SSSR count). The summed E-state index contributed by atoms with van der Waals surface area (Å²) in [4.78, 5) is 28.8. The molecule has 0 bridgehead atoms. The number of hydrogen-bond acceptors (Lipinski definition) is 3. The smallest absolute Gasteiger partial charge is 0.305 e. The van der Waals surface area contributed by atoms with Gasteiger partial charge in [0.05, 0.1) is 6.42 Å². The summed E-state index contributed by atoms with van der Waals surface area (Å²) in [6.07, 6.45) is 4.02. The number of hydrogen-bond donors (Lipinski definition) is 1. The molecule has 1 unspecified atom stereocenters. The van der Waals surface area contributed by atoms with Crippen LogP contribution in [-0.4, -0.2) is 39.5 Å². The lowest BCUT2D eigenvalue weighted by molar-refractivity contribution is -0.138. The summed E-state index contributed by atoms with van der Waals surface area (Å²) in [6, 6.07) is 2.86. The number of aliphatic carboxylic acids is 1. The van der Waals surface area contributed by atoms with E-state index in [9.17, 15) is 9.59 Å². The zero-order valence-electron chi connectivity index (χ0n) is 10.4. The monoisotopic (exact) mass is 282 g/mol. The average molecular weight is 283 g/mol. The maximum Gasteiger partial charge on any atom is 0.305 e. The van der Waals surface area contributed by atoms with Crippen LogP contribution in [0.25, 0.3) is 0 Å². The van der Waals surface area contributed by atoms with Crippen molar-refractivity contribution in [2.75, 3.05) is 6.54 Å². The van der Waals surface area contributed by atoms with Gasteiger partial charge >= 0.3 is 5.97 Å². The highest BCUT2D eigenvalue weighted by molar-refractivity contribution is 6.30. The molecule has 0 radical (unpaired) electrons. The fourth-order valence-corrected chi connectivity index (χ4v) is 2.51. The summed E-state index contributed by atoms with van der Waals surface area (Å²) in [5.41, 5.74) is 0.268. The van der Waals surface area contributed by atoms with Gasteiger partial charge in [-0.3, -0.25) is 14.6 Å². The van der Waals surface area contributed by atoms with E-state index in [-0.39, 0.29) is 24.1 Å². The number of amides is 1. The molecule has 1 saturated heterocycles. The number of nitrogens with zero attached hydrogens (tertiary/aromatic N) is 2. The Kier molecular flexibility index (Phi) is 4.37. The van der Waals surface area contributed by atoms with Crippen molar-refractivity contribution in [1.29, 1.82) is 0 Å². The van der Waals surface area contributed by atoms with Crippen molar-refractivity contribution in [2.24, 2.45) is 0 Å². The third kappa shape index (κ3) is 3.44. The number of carbonyl (C=O) groups is 2. The Balaban J connectivity index is 2.17. The van der Waals surface area contributed by atoms with E-state index in [0.717, 1.165) is 19.3 Å². The Hall–Kier alpha value is -1.62. The van der Waals surface area contributed by atoms with Crippen molar-refractivity contribution in [2.45, 2.75) is 31.7 Å². The van der Waals surface area contributed by atoms with Gasteiger partial charge in [0.1, 0.15) is 5.69 Å². The SMILES string of the molecule is O=C(O)CC1CCCCN1C(=O)c1cc(Cl)ccn1. The summed E-state index contributed by atoms with van der Waals surface area (Å²) >= 11 is 5.84.